The molecule has 7 heteroatoms. The lowest BCUT2D eigenvalue weighted by Crippen LogP contribution is -2.38. The zero-order valence-corrected chi connectivity index (χ0v) is 10.1. The third-order valence-corrected chi connectivity index (χ3v) is 2.93. The molecule has 94 valence electrons. The highest BCUT2D eigenvalue weighted by atomic mass is 32.1. The molecule has 0 amide bonds. The highest BCUT2D eigenvalue weighted by molar-refractivity contribution is 7.09. The molecule has 0 bridgehead atoms. The number of aliphatic imine (C=N–C) groups is 1. The van der Waals surface area contributed by atoms with Crippen molar-refractivity contribution in [3.8, 4) is 0 Å². The Kier molecular flexibility index (Phi) is 5.44. The lowest BCUT2D eigenvalue weighted by Gasteiger charge is -2.08. The van der Waals surface area contributed by atoms with Crippen molar-refractivity contribution in [3.05, 3.63) is 22.4 Å². The van der Waals surface area contributed by atoms with Gasteiger partial charge in [0.15, 0.2) is 5.96 Å². The van der Waals surface area contributed by atoms with Crippen LogP contribution in [0.1, 0.15) is 11.3 Å². The van der Waals surface area contributed by atoms with E-state index in [9.17, 15) is 4.79 Å². The van der Waals surface area contributed by atoms with E-state index < -0.39 is 12.0 Å². The van der Waals surface area contributed by atoms with E-state index in [1.54, 1.807) is 11.3 Å². The SMILES string of the molecule is NC(=NCc1cccs1)NCC[C@H](N)C(=O)O. The summed E-state index contributed by atoms with van der Waals surface area (Å²) in [5.41, 5.74) is 10.9. The normalized spacial score (nSPS) is 13.4. The predicted molar refractivity (Wildman–Crippen MR) is 67.9 cm³/mol. The molecule has 0 radical (unpaired) electrons. The quantitative estimate of drug-likeness (QED) is 0.421. The zero-order chi connectivity index (χ0) is 12.7. The van der Waals surface area contributed by atoms with E-state index in [0.29, 0.717) is 25.5 Å². The molecule has 6 N–H and O–H groups in total. The van der Waals surface area contributed by atoms with Crippen LogP contribution >= 0.6 is 11.3 Å². The molecule has 17 heavy (non-hydrogen) atoms. The lowest BCUT2D eigenvalue weighted by molar-refractivity contribution is -0.138. The molecule has 1 aromatic rings. The van der Waals surface area contributed by atoms with E-state index in [1.165, 1.54) is 0 Å². The van der Waals surface area contributed by atoms with Crippen molar-refractivity contribution in [2.45, 2.75) is 19.0 Å². The molecule has 1 atom stereocenters. The highest BCUT2D eigenvalue weighted by Crippen LogP contribution is 2.08. The summed E-state index contributed by atoms with van der Waals surface area (Å²) in [4.78, 5) is 15.7. The average Bonchev–Trinajstić information content (AvgIpc) is 2.78. The third kappa shape index (κ3) is 5.32. The van der Waals surface area contributed by atoms with Crippen LogP contribution in [0.5, 0.6) is 0 Å². The summed E-state index contributed by atoms with van der Waals surface area (Å²) in [7, 11) is 0. The van der Waals surface area contributed by atoms with E-state index in [2.05, 4.69) is 10.3 Å². The largest absolute Gasteiger partial charge is 0.480 e. The van der Waals surface area contributed by atoms with Crippen LogP contribution in [0.4, 0.5) is 0 Å². The van der Waals surface area contributed by atoms with Crippen LogP contribution in [0.25, 0.3) is 0 Å². The monoisotopic (exact) mass is 256 g/mol. The molecular weight excluding hydrogens is 240 g/mol. The summed E-state index contributed by atoms with van der Waals surface area (Å²) >= 11 is 1.61. The molecule has 0 aliphatic rings. The fourth-order valence-electron chi connectivity index (χ4n) is 1.10. The maximum atomic E-state index is 10.4. The topological polar surface area (TPSA) is 114 Å². The fourth-order valence-corrected chi connectivity index (χ4v) is 1.73. The van der Waals surface area contributed by atoms with Gasteiger partial charge in [0.2, 0.25) is 0 Å². The summed E-state index contributed by atoms with van der Waals surface area (Å²) < 4.78 is 0. The standard InChI is InChI=1S/C10H16N4O2S/c11-8(9(15)16)3-4-13-10(12)14-6-7-2-1-5-17-7/h1-2,5,8H,3-4,6,11H2,(H,15,16)(H3,12,13,14)/t8-/m0/s1. The molecule has 0 saturated heterocycles. The van der Waals surface area contributed by atoms with E-state index in [0.717, 1.165) is 4.88 Å². The number of guanidine groups is 1. The first kappa shape index (κ1) is 13.5. The Morgan fingerprint density at radius 2 is 2.41 bits per heavy atom. The molecule has 0 aliphatic carbocycles. The minimum absolute atomic E-state index is 0.302. The van der Waals surface area contributed by atoms with Crippen LogP contribution in [0.3, 0.4) is 0 Å². The van der Waals surface area contributed by atoms with Gasteiger partial charge in [-0.2, -0.15) is 0 Å². The second kappa shape index (κ2) is 6.87. The van der Waals surface area contributed by atoms with Crippen molar-refractivity contribution in [1.29, 1.82) is 0 Å². The summed E-state index contributed by atoms with van der Waals surface area (Å²) in [6.45, 7) is 0.925. The number of aliphatic carboxylic acids is 1. The van der Waals surface area contributed by atoms with Crippen molar-refractivity contribution < 1.29 is 9.90 Å². The van der Waals surface area contributed by atoms with Crippen LogP contribution in [0.2, 0.25) is 0 Å². The number of carbonyl (C=O) groups is 1. The maximum absolute atomic E-state index is 10.4. The molecule has 0 aliphatic heterocycles. The van der Waals surface area contributed by atoms with E-state index >= 15 is 0 Å². The van der Waals surface area contributed by atoms with Crippen molar-refractivity contribution in [2.75, 3.05) is 6.54 Å². The minimum Gasteiger partial charge on any atom is -0.480 e. The molecule has 1 heterocycles. The van der Waals surface area contributed by atoms with Crippen LogP contribution in [0, 0.1) is 0 Å². The number of hydrogen-bond donors (Lipinski definition) is 4. The predicted octanol–water partition coefficient (Wildman–Crippen LogP) is -0.0456. The molecule has 0 unspecified atom stereocenters. The molecule has 0 saturated carbocycles. The number of nitrogens with one attached hydrogen (secondary N) is 1. The van der Waals surface area contributed by atoms with Crippen LogP contribution in [-0.4, -0.2) is 29.6 Å². The Labute approximate surface area is 103 Å². The van der Waals surface area contributed by atoms with Crippen molar-refractivity contribution in [1.82, 2.24) is 5.32 Å². The molecule has 0 aromatic carbocycles. The van der Waals surface area contributed by atoms with Gasteiger partial charge >= 0.3 is 5.97 Å². The van der Waals surface area contributed by atoms with Crippen LogP contribution in [-0.2, 0) is 11.3 Å². The lowest BCUT2D eigenvalue weighted by atomic mass is 10.2. The zero-order valence-electron chi connectivity index (χ0n) is 9.30. The second-order valence-corrected chi connectivity index (χ2v) is 4.47. The summed E-state index contributed by atoms with van der Waals surface area (Å²) in [6.07, 6.45) is 0.310. The molecule has 6 nitrogen and oxygen atoms in total. The van der Waals surface area contributed by atoms with E-state index in [-0.39, 0.29) is 0 Å². The van der Waals surface area contributed by atoms with Gasteiger partial charge < -0.3 is 21.9 Å². The third-order valence-electron chi connectivity index (χ3n) is 2.06. The van der Waals surface area contributed by atoms with Gasteiger partial charge in [0.25, 0.3) is 0 Å². The number of rotatable bonds is 6. The van der Waals surface area contributed by atoms with E-state index in [4.69, 9.17) is 16.6 Å². The highest BCUT2D eigenvalue weighted by Gasteiger charge is 2.10. The number of carboxylic acid groups (broad SMARTS) is 1. The van der Waals surface area contributed by atoms with Gasteiger partial charge in [0.1, 0.15) is 6.04 Å². The van der Waals surface area contributed by atoms with Crippen molar-refractivity contribution >= 4 is 23.3 Å². The summed E-state index contributed by atoms with van der Waals surface area (Å²) in [5, 5.41) is 13.4. The Balaban J connectivity index is 2.22. The number of nitrogens with two attached hydrogens (primary N) is 2. The Morgan fingerprint density at radius 1 is 1.65 bits per heavy atom. The fraction of sp³-hybridized carbons (Fsp3) is 0.400. The first-order valence-corrected chi connectivity index (χ1v) is 6.02. The van der Waals surface area contributed by atoms with Gasteiger partial charge in [-0.05, 0) is 17.9 Å². The van der Waals surface area contributed by atoms with Crippen LogP contribution in [0.15, 0.2) is 22.5 Å². The Morgan fingerprint density at radius 3 is 3.00 bits per heavy atom. The van der Waals surface area contributed by atoms with Gasteiger partial charge in [0, 0.05) is 11.4 Å². The molecular formula is C10H16N4O2S. The first-order chi connectivity index (χ1) is 8.09. The molecule has 1 aromatic heterocycles. The maximum Gasteiger partial charge on any atom is 0.320 e. The van der Waals surface area contributed by atoms with Gasteiger partial charge in [0.05, 0.1) is 6.54 Å². The average molecular weight is 256 g/mol. The summed E-state index contributed by atoms with van der Waals surface area (Å²) in [5.74, 6) is -0.711. The first-order valence-electron chi connectivity index (χ1n) is 5.14. The number of thiophene rings is 1. The van der Waals surface area contributed by atoms with Crippen LogP contribution < -0.4 is 16.8 Å². The molecule has 0 fully saturated rings. The minimum atomic E-state index is -1.01. The molecule has 1 rings (SSSR count). The van der Waals surface area contributed by atoms with Gasteiger partial charge in [-0.3, -0.25) is 4.79 Å². The summed E-state index contributed by atoms with van der Waals surface area (Å²) in [6, 6.07) is 3.06. The van der Waals surface area contributed by atoms with E-state index in [1.807, 2.05) is 17.5 Å². The van der Waals surface area contributed by atoms with Crippen molar-refractivity contribution in [2.24, 2.45) is 16.5 Å². The van der Waals surface area contributed by atoms with Gasteiger partial charge in [-0.15, -0.1) is 11.3 Å². The second-order valence-electron chi connectivity index (χ2n) is 3.44. The number of nitrogens with zero attached hydrogens (tertiary/aromatic N) is 1. The number of carboxylic acids is 1. The van der Waals surface area contributed by atoms with Gasteiger partial charge in [-0.25, -0.2) is 4.99 Å². The van der Waals surface area contributed by atoms with Crippen molar-refractivity contribution in [3.63, 3.8) is 0 Å². The Bertz CT molecular complexity index is 378. The number of hydrogen-bond acceptors (Lipinski definition) is 4. The Hall–Kier alpha value is -1.60. The van der Waals surface area contributed by atoms with Gasteiger partial charge in [-0.1, -0.05) is 6.07 Å². The smallest absolute Gasteiger partial charge is 0.320 e. The molecule has 0 spiro atoms.